The van der Waals surface area contributed by atoms with E-state index in [2.05, 4.69) is 10.4 Å². The molecule has 1 aromatic carbocycles. The summed E-state index contributed by atoms with van der Waals surface area (Å²) in [7, 11) is 0. The van der Waals surface area contributed by atoms with Crippen LogP contribution >= 0.6 is 58.2 Å². The molecule has 1 aromatic heterocycles. The van der Waals surface area contributed by atoms with Crippen LogP contribution in [0.4, 0.5) is 5.82 Å². The highest BCUT2D eigenvalue weighted by Crippen LogP contribution is 2.37. The lowest BCUT2D eigenvalue weighted by atomic mass is 10.4. The normalized spacial score (nSPS) is 10.6. The molecule has 0 atom stereocenters. The Kier molecular flexibility index (Phi) is 5.06. The minimum Gasteiger partial charge on any atom is -0.307 e. The molecule has 0 unspecified atom stereocenters. The van der Waals surface area contributed by atoms with Gasteiger partial charge in [0.25, 0.3) is 0 Å². The van der Waals surface area contributed by atoms with Crippen LogP contribution in [-0.4, -0.2) is 4.98 Å². The van der Waals surface area contributed by atoms with Crippen LogP contribution < -0.4 is 11.3 Å². The monoisotopic (exact) mass is 353 g/mol. The maximum atomic E-state index is 6.08. The Hall–Kier alpha value is -0.360. The maximum Gasteiger partial charge on any atom is 0.160 e. The van der Waals surface area contributed by atoms with Gasteiger partial charge in [0.1, 0.15) is 5.03 Å². The van der Waals surface area contributed by atoms with Gasteiger partial charge in [0.15, 0.2) is 5.82 Å². The predicted octanol–water partition coefficient (Wildman–Crippen LogP) is 5.13. The zero-order chi connectivity index (χ0) is 14.0. The van der Waals surface area contributed by atoms with Crippen LogP contribution in [0.1, 0.15) is 0 Å². The van der Waals surface area contributed by atoms with Crippen LogP contribution in [-0.2, 0) is 0 Å². The van der Waals surface area contributed by atoms with Gasteiger partial charge in [0, 0.05) is 4.90 Å². The number of benzene rings is 1. The van der Waals surface area contributed by atoms with Gasteiger partial charge >= 0.3 is 0 Å². The van der Waals surface area contributed by atoms with E-state index in [9.17, 15) is 0 Å². The van der Waals surface area contributed by atoms with Gasteiger partial charge in [-0.25, -0.2) is 10.8 Å². The number of nitrogens with two attached hydrogens (primary N) is 1. The molecule has 0 spiro atoms. The van der Waals surface area contributed by atoms with Gasteiger partial charge < -0.3 is 5.43 Å². The third kappa shape index (κ3) is 3.60. The number of anilines is 1. The van der Waals surface area contributed by atoms with Crippen molar-refractivity contribution in [2.45, 2.75) is 9.92 Å². The van der Waals surface area contributed by atoms with Crippen LogP contribution in [0.5, 0.6) is 0 Å². The Morgan fingerprint density at radius 3 is 2.32 bits per heavy atom. The molecule has 2 aromatic rings. The summed E-state index contributed by atoms with van der Waals surface area (Å²) in [5.41, 5.74) is 2.41. The van der Waals surface area contributed by atoms with Crippen molar-refractivity contribution in [3.8, 4) is 0 Å². The lowest BCUT2D eigenvalue weighted by Crippen LogP contribution is -2.09. The molecule has 0 saturated heterocycles. The number of nitrogen functional groups attached to an aromatic ring is 1. The molecule has 3 nitrogen and oxygen atoms in total. The molecule has 0 aliphatic rings. The largest absolute Gasteiger partial charge is 0.307 e. The second-order valence-corrected chi connectivity index (χ2v) is 6.12. The van der Waals surface area contributed by atoms with Gasteiger partial charge in [0.05, 0.1) is 20.1 Å². The van der Waals surface area contributed by atoms with Crippen molar-refractivity contribution in [1.29, 1.82) is 0 Å². The fraction of sp³-hybridized carbons (Fsp3) is 0. The molecule has 0 saturated carbocycles. The van der Waals surface area contributed by atoms with E-state index in [1.165, 1.54) is 11.8 Å². The van der Waals surface area contributed by atoms with Gasteiger partial charge in [0.2, 0.25) is 0 Å². The summed E-state index contributed by atoms with van der Waals surface area (Å²) in [5.74, 6) is 5.67. The fourth-order valence-electron chi connectivity index (χ4n) is 1.27. The van der Waals surface area contributed by atoms with Crippen molar-refractivity contribution in [3.05, 3.63) is 44.4 Å². The second kappa shape index (κ2) is 6.39. The molecule has 3 N–H and O–H groups in total. The van der Waals surface area contributed by atoms with Gasteiger partial charge in [-0.1, -0.05) is 58.2 Å². The molecule has 0 aliphatic heterocycles. The standard InChI is InChI=1S/C11H7Cl4N3S/c12-6-2-1-5(3-7(6)13)19-11-9(15)4-8(14)10(17-11)18-16/h1-4H,16H2,(H,17,18). The SMILES string of the molecule is NNc1nc(Sc2ccc(Cl)c(Cl)c2)c(Cl)cc1Cl. The highest BCUT2D eigenvalue weighted by molar-refractivity contribution is 7.99. The van der Waals surface area contributed by atoms with Gasteiger partial charge in [-0.05, 0) is 24.3 Å². The molecule has 0 radical (unpaired) electrons. The topological polar surface area (TPSA) is 50.9 Å². The Balaban J connectivity index is 2.34. The molecule has 0 aliphatic carbocycles. The van der Waals surface area contributed by atoms with E-state index in [1.54, 1.807) is 18.2 Å². The molecule has 0 fully saturated rings. The van der Waals surface area contributed by atoms with Crippen molar-refractivity contribution in [2.75, 3.05) is 5.43 Å². The predicted molar refractivity (Wildman–Crippen MR) is 82.7 cm³/mol. The van der Waals surface area contributed by atoms with Crippen molar-refractivity contribution < 1.29 is 0 Å². The van der Waals surface area contributed by atoms with Crippen LogP contribution in [0.25, 0.3) is 0 Å². The first kappa shape index (κ1) is 15.0. The quantitative estimate of drug-likeness (QED) is 0.592. The van der Waals surface area contributed by atoms with E-state index in [0.717, 1.165) is 4.90 Å². The number of pyridine rings is 1. The number of aromatic nitrogens is 1. The summed E-state index contributed by atoms with van der Waals surface area (Å²) in [6.07, 6.45) is 0. The Morgan fingerprint density at radius 1 is 0.947 bits per heavy atom. The summed E-state index contributed by atoms with van der Waals surface area (Å²) in [6, 6.07) is 6.83. The lowest BCUT2D eigenvalue weighted by molar-refractivity contribution is 1.11. The van der Waals surface area contributed by atoms with Gasteiger partial charge in [-0.3, -0.25) is 0 Å². The van der Waals surface area contributed by atoms with Crippen molar-refractivity contribution in [2.24, 2.45) is 5.84 Å². The Morgan fingerprint density at radius 2 is 1.68 bits per heavy atom. The number of hydrogen-bond acceptors (Lipinski definition) is 4. The van der Waals surface area contributed by atoms with E-state index in [4.69, 9.17) is 52.2 Å². The van der Waals surface area contributed by atoms with E-state index in [1.807, 2.05) is 6.07 Å². The smallest absolute Gasteiger partial charge is 0.160 e. The van der Waals surface area contributed by atoms with Crippen molar-refractivity contribution in [3.63, 3.8) is 0 Å². The first-order valence-corrected chi connectivity index (χ1v) is 7.29. The first-order chi connectivity index (χ1) is 9.01. The third-order valence-electron chi connectivity index (χ3n) is 2.14. The zero-order valence-electron chi connectivity index (χ0n) is 9.25. The average molecular weight is 355 g/mol. The van der Waals surface area contributed by atoms with Crippen LogP contribution in [0.15, 0.2) is 34.2 Å². The second-order valence-electron chi connectivity index (χ2n) is 3.43. The van der Waals surface area contributed by atoms with Crippen LogP contribution in [0, 0.1) is 0 Å². The van der Waals surface area contributed by atoms with Gasteiger partial charge in [-0.2, -0.15) is 0 Å². The van der Waals surface area contributed by atoms with Crippen molar-refractivity contribution >= 4 is 64.0 Å². The Bertz CT molecular complexity index is 621. The van der Waals surface area contributed by atoms with E-state index < -0.39 is 0 Å². The molecule has 2 rings (SSSR count). The highest BCUT2D eigenvalue weighted by Gasteiger charge is 2.11. The van der Waals surface area contributed by atoms with Crippen molar-refractivity contribution in [1.82, 2.24) is 4.98 Å². The molecule has 0 amide bonds. The molecule has 1 heterocycles. The zero-order valence-corrected chi connectivity index (χ0v) is 13.1. The summed E-state index contributed by atoms with van der Waals surface area (Å²) in [6.45, 7) is 0. The fourth-order valence-corrected chi connectivity index (χ4v) is 3.00. The number of halogens is 4. The molecule has 8 heteroatoms. The number of rotatable bonds is 3. The highest BCUT2D eigenvalue weighted by atomic mass is 35.5. The minimum atomic E-state index is 0.353. The number of hydrazine groups is 1. The molecule has 19 heavy (non-hydrogen) atoms. The minimum absolute atomic E-state index is 0.353. The lowest BCUT2D eigenvalue weighted by Gasteiger charge is -2.08. The first-order valence-electron chi connectivity index (χ1n) is 4.97. The van der Waals surface area contributed by atoms with Crippen LogP contribution in [0.3, 0.4) is 0 Å². The average Bonchev–Trinajstić information content (AvgIpc) is 2.37. The molecule has 0 bridgehead atoms. The summed E-state index contributed by atoms with van der Waals surface area (Å²) in [4.78, 5) is 5.08. The molecular formula is C11H7Cl4N3S. The van der Waals surface area contributed by atoms with E-state index >= 15 is 0 Å². The van der Waals surface area contributed by atoms with E-state index in [0.29, 0.717) is 30.9 Å². The number of hydrogen-bond donors (Lipinski definition) is 2. The number of nitrogens with zero attached hydrogens (tertiary/aromatic N) is 1. The third-order valence-corrected chi connectivity index (χ3v) is 4.56. The van der Waals surface area contributed by atoms with E-state index in [-0.39, 0.29) is 0 Å². The summed E-state index contributed by atoms with van der Waals surface area (Å²) >= 11 is 25.1. The number of nitrogens with one attached hydrogen (secondary N) is 1. The molecule has 100 valence electrons. The Labute approximate surface area is 134 Å². The summed E-state index contributed by atoms with van der Waals surface area (Å²) < 4.78 is 0. The summed E-state index contributed by atoms with van der Waals surface area (Å²) in [5, 5.41) is 2.31. The maximum absolute atomic E-state index is 6.08. The molecular weight excluding hydrogens is 348 g/mol. The van der Waals surface area contributed by atoms with Crippen LogP contribution in [0.2, 0.25) is 20.1 Å². The van der Waals surface area contributed by atoms with Gasteiger partial charge in [-0.15, -0.1) is 0 Å².